The molecule has 3 aromatic rings. The molecular formula is C18H19N3OS. The van der Waals surface area contributed by atoms with Gasteiger partial charge in [0.05, 0.1) is 15.2 Å². The molecule has 0 aliphatic carbocycles. The van der Waals surface area contributed by atoms with Gasteiger partial charge in [-0.2, -0.15) is 0 Å². The number of nitrogens with zero attached hydrogens (tertiary/aromatic N) is 1. The normalized spacial score (nSPS) is 10.7. The average molecular weight is 325 g/mol. The van der Waals surface area contributed by atoms with E-state index in [9.17, 15) is 4.79 Å². The maximum Gasteiger partial charge on any atom is 0.319 e. The quantitative estimate of drug-likeness (QED) is 0.685. The third-order valence-corrected chi connectivity index (χ3v) is 4.46. The topological polar surface area (TPSA) is 54.0 Å². The van der Waals surface area contributed by atoms with E-state index in [1.54, 1.807) is 11.3 Å². The summed E-state index contributed by atoms with van der Waals surface area (Å²) in [4.78, 5) is 16.3. The number of anilines is 1. The Morgan fingerprint density at radius 3 is 2.83 bits per heavy atom. The van der Waals surface area contributed by atoms with Gasteiger partial charge in [-0.15, -0.1) is 11.3 Å². The maximum absolute atomic E-state index is 11.9. The largest absolute Gasteiger partial charge is 0.338 e. The average Bonchev–Trinajstić information content (AvgIpc) is 2.92. The zero-order chi connectivity index (χ0) is 16.1. The lowest BCUT2D eigenvalue weighted by atomic mass is 10.1. The fourth-order valence-electron chi connectivity index (χ4n) is 2.43. The number of nitrogens with one attached hydrogen (secondary N) is 2. The fraction of sp³-hybridized carbons (Fsp3) is 0.222. The Morgan fingerprint density at radius 2 is 2.00 bits per heavy atom. The number of thiazole rings is 1. The lowest BCUT2D eigenvalue weighted by Crippen LogP contribution is -2.29. The molecule has 0 unspecified atom stereocenters. The maximum atomic E-state index is 11.9. The van der Waals surface area contributed by atoms with E-state index >= 15 is 0 Å². The Labute approximate surface area is 139 Å². The van der Waals surface area contributed by atoms with Crippen molar-refractivity contribution in [3.8, 4) is 0 Å². The highest BCUT2D eigenvalue weighted by Crippen LogP contribution is 2.24. The lowest BCUT2D eigenvalue weighted by Gasteiger charge is -2.07. The van der Waals surface area contributed by atoms with Gasteiger partial charge in [0.15, 0.2) is 0 Å². The van der Waals surface area contributed by atoms with Gasteiger partial charge in [0, 0.05) is 12.2 Å². The number of rotatable bonds is 5. The third kappa shape index (κ3) is 4.29. The highest BCUT2D eigenvalue weighted by atomic mass is 32.1. The molecule has 2 N–H and O–H groups in total. The summed E-state index contributed by atoms with van der Waals surface area (Å²) >= 11 is 1.63. The van der Waals surface area contributed by atoms with Crippen LogP contribution in [0, 0.1) is 6.92 Å². The highest BCUT2D eigenvalue weighted by Gasteiger charge is 2.04. The number of carbonyl (C=O) groups excluding carboxylic acids is 1. The van der Waals surface area contributed by atoms with Gasteiger partial charge in [0.2, 0.25) is 0 Å². The van der Waals surface area contributed by atoms with Crippen LogP contribution in [0.2, 0.25) is 0 Å². The van der Waals surface area contributed by atoms with Crippen LogP contribution in [0.15, 0.2) is 48.5 Å². The molecule has 0 spiro atoms. The molecule has 4 nitrogen and oxygen atoms in total. The minimum absolute atomic E-state index is 0.168. The molecule has 2 aromatic carbocycles. The van der Waals surface area contributed by atoms with E-state index in [1.165, 1.54) is 5.56 Å². The first-order valence-corrected chi connectivity index (χ1v) is 8.48. The van der Waals surface area contributed by atoms with Gasteiger partial charge in [-0.25, -0.2) is 9.78 Å². The summed E-state index contributed by atoms with van der Waals surface area (Å²) in [6, 6.07) is 15.9. The highest BCUT2D eigenvalue weighted by molar-refractivity contribution is 7.18. The molecule has 1 heterocycles. The molecule has 0 aliphatic heterocycles. The molecule has 0 atom stereocenters. The minimum Gasteiger partial charge on any atom is -0.338 e. The molecule has 2 amide bonds. The van der Waals surface area contributed by atoms with Crippen LogP contribution in [0.25, 0.3) is 10.2 Å². The molecule has 0 radical (unpaired) electrons. The van der Waals surface area contributed by atoms with Crippen molar-refractivity contribution in [1.29, 1.82) is 0 Å². The Balaban J connectivity index is 1.46. The van der Waals surface area contributed by atoms with Crippen molar-refractivity contribution < 1.29 is 4.79 Å². The van der Waals surface area contributed by atoms with Crippen LogP contribution in [-0.4, -0.2) is 17.6 Å². The van der Waals surface area contributed by atoms with Crippen LogP contribution in [-0.2, 0) is 6.42 Å². The second kappa shape index (κ2) is 7.24. The van der Waals surface area contributed by atoms with Crippen LogP contribution in [0.4, 0.5) is 10.5 Å². The predicted octanol–water partition coefficient (Wildman–Crippen LogP) is 4.36. The number of benzene rings is 2. The van der Waals surface area contributed by atoms with Crippen molar-refractivity contribution in [2.45, 2.75) is 19.8 Å². The van der Waals surface area contributed by atoms with Crippen molar-refractivity contribution in [1.82, 2.24) is 10.3 Å². The van der Waals surface area contributed by atoms with Crippen LogP contribution < -0.4 is 10.6 Å². The van der Waals surface area contributed by atoms with Crippen molar-refractivity contribution >= 4 is 33.3 Å². The van der Waals surface area contributed by atoms with Gasteiger partial charge in [-0.1, -0.05) is 30.3 Å². The van der Waals surface area contributed by atoms with Gasteiger partial charge >= 0.3 is 6.03 Å². The van der Waals surface area contributed by atoms with Crippen molar-refractivity contribution in [3.63, 3.8) is 0 Å². The Kier molecular flexibility index (Phi) is 4.88. The monoisotopic (exact) mass is 325 g/mol. The Bertz CT molecular complexity index is 798. The van der Waals surface area contributed by atoms with E-state index < -0.39 is 0 Å². The van der Waals surface area contributed by atoms with E-state index in [1.807, 2.05) is 43.3 Å². The van der Waals surface area contributed by atoms with Gasteiger partial charge in [0.1, 0.15) is 0 Å². The summed E-state index contributed by atoms with van der Waals surface area (Å²) in [6.07, 6.45) is 1.89. The van der Waals surface area contributed by atoms with Crippen molar-refractivity contribution in [2.75, 3.05) is 11.9 Å². The minimum atomic E-state index is -0.168. The number of aromatic nitrogens is 1. The molecular weight excluding hydrogens is 306 g/mol. The Hall–Kier alpha value is -2.40. The van der Waals surface area contributed by atoms with Gasteiger partial charge < -0.3 is 10.6 Å². The standard InChI is InChI=1S/C18H19N3OS/c1-13-20-16-10-9-15(12-17(16)23-13)21-18(22)19-11-5-8-14-6-3-2-4-7-14/h2-4,6-7,9-10,12H,5,8,11H2,1H3,(H2,19,21,22). The number of hydrogen-bond acceptors (Lipinski definition) is 3. The fourth-order valence-corrected chi connectivity index (χ4v) is 3.30. The van der Waals surface area contributed by atoms with Crippen molar-refractivity contribution in [2.24, 2.45) is 0 Å². The first kappa shape index (κ1) is 15.5. The molecule has 0 fully saturated rings. The molecule has 5 heteroatoms. The summed E-state index contributed by atoms with van der Waals surface area (Å²) in [7, 11) is 0. The SMILES string of the molecule is Cc1nc2ccc(NC(=O)NCCCc3ccccc3)cc2s1. The summed E-state index contributed by atoms with van der Waals surface area (Å²) in [5, 5.41) is 6.79. The summed E-state index contributed by atoms with van der Waals surface area (Å²) < 4.78 is 1.09. The zero-order valence-corrected chi connectivity index (χ0v) is 13.8. The van der Waals surface area contributed by atoms with E-state index in [-0.39, 0.29) is 6.03 Å². The number of hydrogen-bond donors (Lipinski definition) is 2. The Morgan fingerprint density at radius 1 is 1.17 bits per heavy atom. The molecule has 3 rings (SSSR count). The van der Waals surface area contributed by atoms with Crippen LogP contribution in [0.3, 0.4) is 0 Å². The number of urea groups is 1. The van der Waals surface area contributed by atoms with E-state index in [4.69, 9.17) is 0 Å². The number of amides is 2. The van der Waals surface area contributed by atoms with Crippen LogP contribution >= 0.6 is 11.3 Å². The van der Waals surface area contributed by atoms with Crippen LogP contribution in [0.5, 0.6) is 0 Å². The third-order valence-electron chi connectivity index (χ3n) is 3.52. The molecule has 1 aromatic heterocycles. The first-order chi connectivity index (χ1) is 11.2. The second-order valence-corrected chi connectivity index (χ2v) is 6.62. The summed E-state index contributed by atoms with van der Waals surface area (Å²) in [5.41, 5.74) is 3.06. The molecule has 118 valence electrons. The van der Waals surface area contributed by atoms with Crippen molar-refractivity contribution in [3.05, 3.63) is 59.1 Å². The summed E-state index contributed by atoms with van der Waals surface area (Å²) in [6.45, 7) is 2.64. The van der Waals surface area contributed by atoms with Gasteiger partial charge in [-0.05, 0) is 43.5 Å². The van der Waals surface area contributed by atoms with E-state index in [0.29, 0.717) is 6.54 Å². The first-order valence-electron chi connectivity index (χ1n) is 7.67. The predicted molar refractivity (Wildman–Crippen MR) is 96.1 cm³/mol. The van der Waals surface area contributed by atoms with Gasteiger partial charge in [0.25, 0.3) is 0 Å². The molecule has 0 saturated heterocycles. The number of aryl methyl sites for hydroxylation is 2. The molecule has 0 aliphatic rings. The zero-order valence-electron chi connectivity index (χ0n) is 13.0. The number of fused-ring (bicyclic) bond motifs is 1. The van der Waals surface area contributed by atoms with E-state index in [0.717, 1.165) is 33.8 Å². The smallest absolute Gasteiger partial charge is 0.319 e. The van der Waals surface area contributed by atoms with Gasteiger partial charge in [-0.3, -0.25) is 0 Å². The second-order valence-electron chi connectivity index (χ2n) is 5.39. The van der Waals surface area contributed by atoms with E-state index in [2.05, 4.69) is 27.8 Å². The molecule has 23 heavy (non-hydrogen) atoms. The number of carbonyl (C=O) groups is 1. The summed E-state index contributed by atoms with van der Waals surface area (Å²) in [5.74, 6) is 0. The van der Waals surface area contributed by atoms with Crippen LogP contribution in [0.1, 0.15) is 17.0 Å². The molecule has 0 saturated carbocycles. The lowest BCUT2D eigenvalue weighted by molar-refractivity contribution is 0.252. The molecule has 0 bridgehead atoms.